The first-order chi connectivity index (χ1) is 25.1. The Hall–Kier alpha value is -3.67. The largest absolute Gasteiger partial charge is 0.471 e. The van der Waals surface area contributed by atoms with Gasteiger partial charge in [-0.2, -0.15) is 13.2 Å². The molecular formula is C41H52F3N3O6. The van der Waals surface area contributed by atoms with Gasteiger partial charge in [-0.25, -0.2) is 4.79 Å². The number of ether oxygens (including phenoxy) is 2. The topological polar surface area (TPSA) is 114 Å². The second kappa shape index (κ2) is 14.2. The van der Waals surface area contributed by atoms with E-state index in [1.807, 2.05) is 51.1 Å². The highest BCUT2D eigenvalue weighted by Gasteiger charge is 2.65. The molecule has 4 fully saturated rings. The van der Waals surface area contributed by atoms with Crippen LogP contribution in [0.3, 0.4) is 0 Å². The molecule has 2 saturated heterocycles. The molecule has 2 saturated carbocycles. The van der Waals surface area contributed by atoms with Crippen LogP contribution in [0.5, 0.6) is 0 Å². The van der Waals surface area contributed by atoms with Gasteiger partial charge in [-0.3, -0.25) is 14.4 Å². The molecule has 1 unspecified atom stereocenters. The summed E-state index contributed by atoms with van der Waals surface area (Å²) in [6, 6.07) is 9.08. The fourth-order valence-electron chi connectivity index (χ4n) is 11.2. The predicted octanol–water partition coefficient (Wildman–Crippen LogP) is 6.47. The number of aryl methyl sites for hydroxylation is 1. The van der Waals surface area contributed by atoms with E-state index in [0.717, 1.165) is 33.6 Å². The molecule has 9 nitrogen and oxygen atoms in total. The number of fused-ring (bicyclic) bond motifs is 6. The number of benzene rings is 1. The fraction of sp³-hybridized carbons (Fsp3) is 0.659. The molecule has 53 heavy (non-hydrogen) atoms. The van der Waals surface area contributed by atoms with Crippen molar-refractivity contribution in [1.82, 2.24) is 15.5 Å². The maximum Gasteiger partial charge on any atom is 0.471 e. The molecule has 2 aliphatic heterocycles. The van der Waals surface area contributed by atoms with Crippen molar-refractivity contribution in [3.05, 3.63) is 58.7 Å². The number of nitrogens with zero attached hydrogens (tertiary/aromatic N) is 1. The molecule has 6 aliphatic rings. The summed E-state index contributed by atoms with van der Waals surface area (Å²) in [5.41, 5.74) is 2.59. The van der Waals surface area contributed by atoms with Gasteiger partial charge in [0.2, 0.25) is 5.91 Å². The van der Waals surface area contributed by atoms with Crippen molar-refractivity contribution >= 4 is 23.7 Å². The summed E-state index contributed by atoms with van der Waals surface area (Å²) in [5, 5.41) is 5.57. The lowest BCUT2D eigenvalue weighted by molar-refractivity contribution is -0.192. The number of likely N-dealkylation sites (tertiary alicyclic amines) is 1. The number of piperidine rings is 1. The fourth-order valence-corrected chi connectivity index (χ4v) is 11.2. The van der Waals surface area contributed by atoms with Crippen LogP contribution in [0.2, 0.25) is 0 Å². The lowest BCUT2D eigenvalue weighted by Gasteiger charge is -2.48. The highest BCUT2D eigenvalue weighted by atomic mass is 19.4. The third-order valence-corrected chi connectivity index (χ3v) is 13.7. The first-order valence-corrected chi connectivity index (χ1v) is 19.4. The molecule has 10 atom stereocenters. The molecule has 12 heteroatoms. The monoisotopic (exact) mass is 739 g/mol. The summed E-state index contributed by atoms with van der Waals surface area (Å²) in [6.45, 7) is 8.45. The third-order valence-electron chi connectivity index (χ3n) is 13.7. The number of halogens is 3. The van der Waals surface area contributed by atoms with E-state index in [2.05, 4.69) is 23.6 Å². The quantitative estimate of drug-likeness (QED) is 0.245. The van der Waals surface area contributed by atoms with E-state index in [9.17, 15) is 32.3 Å². The van der Waals surface area contributed by atoms with Crippen LogP contribution in [0.4, 0.5) is 18.0 Å². The summed E-state index contributed by atoms with van der Waals surface area (Å²) in [6.07, 6.45) is 1.42. The van der Waals surface area contributed by atoms with Gasteiger partial charge in [0.1, 0.15) is 6.10 Å². The minimum Gasteiger partial charge on any atom is -0.446 e. The number of allylic oxidation sites excluding steroid dienone is 2. The van der Waals surface area contributed by atoms with Crippen molar-refractivity contribution in [3.8, 4) is 0 Å². The SMILES string of the molecule is CC1=C2C(=O)[C@H]3[C@@H](CC=C4C[C@@H](OC(=O)NCCNC(=O)CCc5ccccc5)CC[C@@]43C)[C@@H]2CCC12O[C@@H]1C[C@H](C)CN(C(=O)C(F)(F)F)[C@H]1[C@H]2C. The van der Waals surface area contributed by atoms with Crippen LogP contribution in [0.15, 0.2) is 53.1 Å². The van der Waals surface area contributed by atoms with E-state index < -0.39 is 41.8 Å². The van der Waals surface area contributed by atoms with E-state index in [1.165, 1.54) is 0 Å². The highest BCUT2D eigenvalue weighted by molar-refractivity contribution is 6.02. The molecule has 1 spiro atoms. The van der Waals surface area contributed by atoms with Gasteiger partial charge < -0.3 is 25.0 Å². The highest BCUT2D eigenvalue weighted by Crippen LogP contribution is 2.64. The standard InChI is InChI=1S/C41H52F3N3O6/c1-23-20-31-35(47(22-23)37(50)41(42,43)44)25(3)40(53-31)17-15-29-30-12-11-27-21-28(14-16-39(27,4)34(30)36(49)33(29)24(40)2)52-38(51)46-19-18-45-32(48)13-10-26-8-6-5-7-9-26/h5-9,11,23,25,28-31,34-35H,10,12-22H2,1-4H3,(H,45,48)(H,46,51)/t23-,25+,28-,29-,30-,31+,34+,35-,39-,40?/m0/s1. The van der Waals surface area contributed by atoms with Gasteiger partial charge in [-0.05, 0) is 86.2 Å². The van der Waals surface area contributed by atoms with E-state index in [-0.39, 0.29) is 60.0 Å². The number of carbonyl (C=O) groups excluding carboxylic acids is 4. The van der Waals surface area contributed by atoms with Gasteiger partial charge in [-0.1, -0.05) is 62.8 Å². The lowest BCUT2D eigenvalue weighted by atomic mass is 9.56. The number of Topliss-reactive ketones (excluding diaryl/α,β-unsaturated/α-hetero) is 1. The Morgan fingerprint density at radius 2 is 1.79 bits per heavy atom. The summed E-state index contributed by atoms with van der Waals surface area (Å²) >= 11 is 0. The van der Waals surface area contributed by atoms with Gasteiger partial charge in [0.25, 0.3) is 0 Å². The molecule has 0 bridgehead atoms. The van der Waals surface area contributed by atoms with E-state index in [4.69, 9.17) is 9.47 Å². The van der Waals surface area contributed by atoms with Gasteiger partial charge in [-0.15, -0.1) is 0 Å². The summed E-state index contributed by atoms with van der Waals surface area (Å²) in [5.74, 6) is -2.35. The molecule has 1 aromatic carbocycles. The second-order valence-corrected chi connectivity index (χ2v) is 16.7. The normalized spacial score (nSPS) is 36.2. The van der Waals surface area contributed by atoms with Crippen LogP contribution in [-0.4, -0.2) is 78.3 Å². The Balaban J connectivity index is 0.976. The molecule has 3 amide bonds. The minimum absolute atomic E-state index is 0.0393. The van der Waals surface area contributed by atoms with Crippen molar-refractivity contribution in [2.75, 3.05) is 19.6 Å². The van der Waals surface area contributed by atoms with Crippen LogP contribution in [-0.2, 0) is 30.3 Å². The molecule has 0 aromatic heterocycles. The number of hydrogen-bond acceptors (Lipinski definition) is 6. The van der Waals surface area contributed by atoms with Gasteiger partial charge in [0.05, 0.1) is 17.7 Å². The van der Waals surface area contributed by atoms with E-state index in [0.29, 0.717) is 57.9 Å². The maximum absolute atomic E-state index is 14.6. The van der Waals surface area contributed by atoms with Crippen LogP contribution >= 0.6 is 0 Å². The Morgan fingerprint density at radius 3 is 2.53 bits per heavy atom. The van der Waals surface area contributed by atoms with Crippen molar-refractivity contribution in [3.63, 3.8) is 0 Å². The number of alkyl halides is 3. The van der Waals surface area contributed by atoms with Gasteiger partial charge in [0.15, 0.2) is 5.78 Å². The average molecular weight is 740 g/mol. The number of carbonyl (C=O) groups is 4. The molecule has 2 heterocycles. The number of nitrogens with one attached hydrogen (secondary N) is 2. The molecule has 1 aromatic rings. The van der Waals surface area contributed by atoms with Gasteiger partial charge >= 0.3 is 18.2 Å². The second-order valence-electron chi connectivity index (χ2n) is 16.7. The van der Waals surface area contributed by atoms with E-state index >= 15 is 0 Å². The van der Waals surface area contributed by atoms with E-state index in [1.54, 1.807) is 0 Å². The minimum atomic E-state index is -4.96. The number of alkyl carbamates (subject to hydrolysis) is 1. The average Bonchev–Trinajstić information content (AvgIpc) is 3.57. The maximum atomic E-state index is 14.6. The Bertz CT molecular complexity index is 1690. The molecular weight excluding hydrogens is 687 g/mol. The number of amides is 3. The molecule has 4 aliphatic carbocycles. The van der Waals surface area contributed by atoms with Crippen molar-refractivity contribution < 1.29 is 41.8 Å². The summed E-state index contributed by atoms with van der Waals surface area (Å²) in [7, 11) is 0. The zero-order chi connectivity index (χ0) is 37.9. The first kappa shape index (κ1) is 37.6. The molecule has 288 valence electrons. The predicted molar refractivity (Wildman–Crippen MR) is 190 cm³/mol. The van der Waals surface area contributed by atoms with Crippen LogP contribution < -0.4 is 10.6 Å². The Labute approximate surface area is 309 Å². The summed E-state index contributed by atoms with van der Waals surface area (Å²) < 4.78 is 53.8. The van der Waals surface area contributed by atoms with Crippen molar-refractivity contribution in [2.24, 2.45) is 35.0 Å². The van der Waals surface area contributed by atoms with Crippen LogP contribution in [0.25, 0.3) is 0 Å². The summed E-state index contributed by atoms with van der Waals surface area (Å²) in [4.78, 5) is 53.2. The molecule has 0 radical (unpaired) electrons. The van der Waals surface area contributed by atoms with Gasteiger partial charge in [0, 0.05) is 49.9 Å². The number of hydrogen-bond donors (Lipinski definition) is 2. The lowest BCUT2D eigenvalue weighted by Crippen LogP contribution is -2.57. The number of ketones is 1. The number of rotatable bonds is 7. The van der Waals surface area contributed by atoms with Crippen molar-refractivity contribution in [2.45, 2.75) is 116 Å². The van der Waals surface area contributed by atoms with Crippen LogP contribution in [0.1, 0.15) is 84.6 Å². The zero-order valence-electron chi connectivity index (χ0n) is 31.1. The first-order valence-electron chi connectivity index (χ1n) is 19.4. The van der Waals surface area contributed by atoms with Crippen LogP contribution in [0, 0.1) is 35.0 Å². The Morgan fingerprint density at radius 1 is 1.06 bits per heavy atom. The van der Waals surface area contributed by atoms with Crippen molar-refractivity contribution in [1.29, 1.82) is 0 Å². The molecule has 7 rings (SSSR count). The smallest absolute Gasteiger partial charge is 0.446 e. The Kier molecular flexibility index (Phi) is 10.1. The molecule has 2 N–H and O–H groups in total. The zero-order valence-corrected chi connectivity index (χ0v) is 31.1. The third kappa shape index (κ3) is 6.71.